The molecule has 4 N–H and O–H groups in total. The molecule has 2 rings (SSSR count). The molecule has 1 aliphatic carbocycles. The van der Waals surface area contributed by atoms with Crippen molar-refractivity contribution < 1.29 is 5.11 Å². The smallest absolute Gasteiger partial charge is 0.193 e. The minimum absolute atomic E-state index is 0.270. The Labute approximate surface area is 108 Å². The summed E-state index contributed by atoms with van der Waals surface area (Å²) in [6.45, 7) is 0.975. The van der Waals surface area contributed by atoms with E-state index < -0.39 is 0 Å². The highest BCUT2D eigenvalue weighted by Gasteiger charge is 2.26. The molecule has 1 aromatic rings. The molecule has 0 aliphatic heterocycles. The SMILES string of the molecule is NC(=NCC1CCCC1CO)Nc1ccccc1. The zero-order chi connectivity index (χ0) is 12.8. The van der Waals surface area contributed by atoms with Gasteiger partial charge in [0, 0.05) is 18.8 Å². The van der Waals surface area contributed by atoms with Crippen LogP contribution in [0.4, 0.5) is 5.69 Å². The summed E-state index contributed by atoms with van der Waals surface area (Å²) in [5.74, 6) is 1.33. The first-order valence-electron chi connectivity index (χ1n) is 6.52. The molecule has 4 nitrogen and oxygen atoms in total. The van der Waals surface area contributed by atoms with Gasteiger partial charge in [0.1, 0.15) is 0 Å². The van der Waals surface area contributed by atoms with Crippen LogP contribution in [-0.2, 0) is 0 Å². The number of benzene rings is 1. The number of guanidine groups is 1. The fourth-order valence-electron chi connectivity index (χ4n) is 2.52. The first-order chi connectivity index (χ1) is 8.79. The molecule has 0 bridgehead atoms. The van der Waals surface area contributed by atoms with Crippen LogP contribution >= 0.6 is 0 Å². The number of nitrogens with zero attached hydrogens (tertiary/aromatic N) is 1. The number of anilines is 1. The normalized spacial score (nSPS) is 24.2. The average Bonchev–Trinajstić information content (AvgIpc) is 2.85. The van der Waals surface area contributed by atoms with Crippen LogP contribution in [-0.4, -0.2) is 24.2 Å². The second kappa shape index (κ2) is 6.40. The van der Waals surface area contributed by atoms with E-state index in [4.69, 9.17) is 5.73 Å². The number of rotatable bonds is 4. The maximum Gasteiger partial charge on any atom is 0.193 e. The van der Waals surface area contributed by atoms with Crippen LogP contribution in [0.1, 0.15) is 19.3 Å². The molecule has 1 fully saturated rings. The maximum absolute atomic E-state index is 9.24. The third-order valence-corrected chi connectivity index (χ3v) is 3.59. The summed E-state index contributed by atoms with van der Waals surface area (Å²) in [5, 5.41) is 12.3. The molecule has 0 spiro atoms. The Morgan fingerprint density at radius 1 is 1.28 bits per heavy atom. The topological polar surface area (TPSA) is 70.6 Å². The molecule has 1 aliphatic rings. The van der Waals surface area contributed by atoms with Crippen molar-refractivity contribution in [2.24, 2.45) is 22.6 Å². The van der Waals surface area contributed by atoms with Crippen LogP contribution in [0, 0.1) is 11.8 Å². The van der Waals surface area contributed by atoms with Crippen molar-refractivity contribution in [1.29, 1.82) is 0 Å². The highest BCUT2D eigenvalue weighted by Crippen LogP contribution is 2.31. The Morgan fingerprint density at radius 3 is 2.72 bits per heavy atom. The molecule has 2 atom stereocenters. The van der Waals surface area contributed by atoms with Crippen molar-refractivity contribution in [3.8, 4) is 0 Å². The van der Waals surface area contributed by atoms with Gasteiger partial charge in [-0.3, -0.25) is 4.99 Å². The molecule has 0 heterocycles. The quantitative estimate of drug-likeness (QED) is 0.561. The summed E-state index contributed by atoms with van der Waals surface area (Å²) < 4.78 is 0. The molecule has 0 amide bonds. The van der Waals surface area contributed by atoms with Gasteiger partial charge in [0.2, 0.25) is 0 Å². The lowest BCUT2D eigenvalue weighted by Gasteiger charge is -2.15. The highest BCUT2D eigenvalue weighted by atomic mass is 16.3. The molecule has 98 valence electrons. The van der Waals surface area contributed by atoms with Crippen molar-refractivity contribution in [3.63, 3.8) is 0 Å². The molecule has 0 aromatic heterocycles. The van der Waals surface area contributed by atoms with Crippen LogP contribution in [0.25, 0.3) is 0 Å². The maximum atomic E-state index is 9.24. The van der Waals surface area contributed by atoms with Gasteiger partial charge in [0.25, 0.3) is 0 Å². The van der Waals surface area contributed by atoms with E-state index >= 15 is 0 Å². The second-order valence-electron chi connectivity index (χ2n) is 4.85. The Balaban J connectivity index is 1.85. The summed E-state index contributed by atoms with van der Waals surface area (Å²) in [5.41, 5.74) is 6.80. The lowest BCUT2D eigenvalue weighted by Crippen LogP contribution is -2.24. The lowest BCUT2D eigenvalue weighted by molar-refractivity contribution is 0.197. The van der Waals surface area contributed by atoms with E-state index in [-0.39, 0.29) is 6.61 Å². The van der Waals surface area contributed by atoms with Crippen LogP contribution in [0.2, 0.25) is 0 Å². The number of nitrogens with one attached hydrogen (secondary N) is 1. The van der Waals surface area contributed by atoms with E-state index in [1.165, 1.54) is 6.42 Å². The van der Waals surface area contributed by atoms with Crippen molar-refractivity contribution in [3.05, 3.63) is 30.3 Å². The zero-order valence-corrected chi connectivity index (χ0v) is 10.5. The molecular weight excluding hydrogens is 226 g/mol. The van der Waals surface area contributed by atoms with Gasteiger partial charge < -0.3 is 16.2 Å². The van der Waals surface area contributed by atoms with Gasteiger partial charge in [-0.15, -0.1) is 0 Å². The summed E-state index contributed by atoms with van der Waals surface area (Å²) in [6.07, 6.45) is 3.45. The van der Waals surface area contributed by atoms with Gasteiger partial charge in [-0.05, 0) is 36.8 Å². The summed E-state index contributed by atoms with van der Waals surface area (Å²) in [7, 11) is 0. The van der Waals surface area contributed by atoms with Crippen molar-refractivity contribution >= 4 is 11.6 Å². The van der Waals surface area contributed by atoms with E-state index in [2.05, 4.69) is 10.3 Å². The van der Waals surface area contributed by atoms with Gasteiger partial charge in [-0.25, -0.2) is 0 Å². The number of aliphatic hydroxyl groups excluding tert-OH is 1. The molecule has 1 saturated carbocycles. The number of aliphatic hydroxyl groups is 1. The van der Waals surface area contributed by atoms with E-state index in [9.17, 15) is 5.11 Å². The van der Waals surface area contributed by atoms with Crippen LogP contribution < -0.4 is 11.1 Å². The number of nitrogens with two attached hydrogens (primary N) is 1. The summed E-state index contributed by atoms with van der Waals surface area (Å²) >= 11 is 0. The van der Waals surface area contributed by atoms with E-state index in [0.717, 1.165) is 18.5 Å². The second-order valence-corrected chi connectivity index (χ2v) is 4.85. The predicted octanol–water partition coefficient (Wildman–Crippen LogP) is 1.82. The largest absolute Gasteiger partial charge is 0.396 e. The van der Waals surface area contributed by atoms with Gasteiger partial charge >= 0.3 is 0 Å². The minimum Gasteiger partial charge on any atom is -0.396 e. The Morgan fingerprint density at radius 2 is 2.00 bits per heavy atom. The van der Waals surface area contributed by atoms with Gasteiger partial charge in [0.05, 0.1) is 0 Å². The van der Waals surface area contributed by atoms with Gasteiger partial charge in [-0.1, -0.05) is 24.6 Å². The fraction of sp³-hybridized carbons (Fsp3) is 0.500. The van der Waals surface area contributed by atoms with Crippen molar-refractivity contribution in [2.45, 2.75) is 19.3 Å². The van der Waals surface area contributed by atoms with Crippen LogP contribution in [0.3, 0.4) is 0 Å². The van der Waals surface area contributed by atoms with Crippen LogP contribution in [0.15, 0.2) is 35.3 Å². The van der Waals surface area contributed by atoms with Crippen molar-refractivity contribution in [2.75, 3.05) is 18.5 Å². The van der Waals surface area contributed by atoms with Gasteiger partial charge in [-0.2, -0.15) is 0 Å². The van der Waals surface area contributed by atoms with Gasteiger partial charge in [0.15, 0.2) is 5.96 Å². The molecular formula is C14H21N3O. The Kier molecular flexibility index (Phi) is 4.59. The number of hydrogen-bond acceptors (Lipinski definition) is 2. The standard InChI is InChI=1S/C14H21N3O/c15-14(17-13-7-2-1-3-8-13)16-9-11-5-4-6-12(11)10-18/h1-3,7-8,11-12,18H,4-6,9-10H2,(H3,15,16,17). The highest BCUT2D eigenvalue weighted by molar-refractivity contribution is 5.92. The molecule has 0 saturated heterocycles. The first kappa shape index (κ1) is 12.9. The minimum atomic E-state index is 0.270. The zero-order valence-electron chi connectivity index (χ0n) is 10.5. The number of para-hydroxylation sites is 1. The Bertz CT molecular complexity index is 391. The Hall–Kier alpha value is -1.55. The van der Waals surface area contributed by atoms with E-state index in [0.29, 0.717) is 24.3 Å². The van der Waals surface area contributed by atoms with Crippen molar-refractivity contribution in [1.82, 2.24) is 0 Å². The third-order valence-electron chi connectivity index (χ3n) is 3.59. The molecule has 18 heavy (non-hydrogen) atoms. The number of hydrogen-bond donors (Lipinski definition) is 3. The molecule has 0 radical (unpaired) electrons. The van der Waals surface area contributed by atoms with E-state index in [1.54, 1.807) is 0 Å². The predicted molar refractivity (Wildman–Crippen MR) is 74.5 cm³/mol. The molecule has 2 unspecified atom stereocenters. The average molecular weight is 247 g/mol. The first-order valence-corrected chi connectivity index (χ1v) is 6.52. The summed E-state index contributed by atoms with van der Waals surface area (Å²) in [6, 6.07) is 9.77. The van der Waals surface area contributed by atoms with Crippen LogP contribution in [0.5, 0.6) is 0 Å². The lowest BCUT2D eigenvalue weighted by atomic mass is 9.97. The van der Waals surface area contributed by atoms with E-state index in [1.807, 2.05) is 30.3 Å². The third kappa shape index (κ3) is 3.47. The summed E-state index contributed by atoms with van der Waals surface area (Å²) in [4.78, 5) is 4.37. The molecule has 4 heteroatoms. The molecule has 1 aromatic carbocycles. The monoisotopic (exact) mass is 247 g/mol. The fourth-order valence-corrected chi connectivity index (χ4v) is 2.52. The number of aliphatic imine (C=N–C) groups is 1.